The monoisotopic (exact) mass is 263 g/mol. The van der Waals surface area contributed by atoms with Gasteiger partial charge in [-0.25, -0.2) is 0 Å². The minimum atomic E-state index is -0.847. The van der Waals surface area contributed by atoms with Gasteiger partial charge in [-0.05, 0) is 30.9 Å². The maximum atomic E-state index is 11.4. The fourth-order valence-corrected chi connectivity index (χ4v) is 2.54. The lowest BCUT2D eigenvalue weighted by atomic mass is 9.92. The lowest BCUT2D eigenvalue weighted by Crippen LogP contribution is -2.51. The largest absolute Gasteiger partial charge is 0.480 e. The third kappa shape index (κ3) is 3.14. The lowest BCUT2D eigenvalue weighted by molar-refractivity contribution is -0.145. The minimum absolute atomic E-state index is 0.384. The second-order valence-electron chi connectivity index (χ2n) is 5.58. The van der Waals surface area contributed by atoms with Crippen molar-refractivity contribution in [1.29, 1.82) is 0 Å². The summed E-state index contributed by atoms with van der Waals surface area (Å²) >= 11 is 0. The van der Waals surface area contributed by atoms with Gasteiger partial charge < -0.3 is 10.2 Å². The molecule has 2 rings (SSSR count). The molecule has 19 heavy (non-hydrogen) atoms. The minimum Gasteiger partial charge on any atom is -0.480 e. The van der Waals surface area contributed by atoms with E-state index in [1.807, 2.05) is 36.1 Å². The van der Waals surface area contributed by atoms with Crippen LogP contribution in [0.3, 0.4) is 0 Å². The van der Waals surface area contributed by atoms with Crippen molar-refractivity contribution >= 4 is 5.97 Å². The summed E-state index contributed by atoms with van der Waals surface area (Å²) < 4.78 is 0. The standard InChI is InChI=1S/C15H21NO3/c1-3-15(2,19)10-16-9-12-7-5-4-6-11(12)8-13(16)14(17)18/h4-7,13,19H,3,8-10H2,1-2H3,(H,17,18). The molecule has 0 bridgehead atoms. The number of carbonyl (C=O) groups is 1. The molecule has 4 nitrogen and oxygen atoms in total. The van der Waals surface area contributed by atoms with Crippen molar-refractivity contribution < 1.29 is 15.0 Å². The van der Waals surface area contributed by atoms with Crippen molar-refractivity contribution in [2.75, 3.05) is 6.54 Å². The van der Waals surface area contributed by atoms with Gasteiger partial charge in [0.05, 0.1) is 5.60 Å². The molecule has 0 fully saturated rings. The van der Waals surface area contributed by atoms with E-state index in [0.29, 0.717) is 25.9 Å². The first kappa shape index (κ1) is 14.0. The first-order valence-corrected chi connectivity index (χ1v) is 6.69. The quantitative estimate of drug-likeness (QED) is 0.867. The van der Waals surface area contributed by atoms with Crippen LogP contribution in [0.1, 0.15) is 31.4 Å². The molecule has 1 aliphatic heterocycles. The van der Waals surface area contributed by atoms with E-state index in [1.54, 1.807) is 6.92 Å². The van der Waals surface area contributed by atoms with E-state index in [9.17, 15) is 15.0 Å². The Morgan fingerprint density at radius 1 is 1.42 bits per heavy atom. The molecule has 0 aromatic heterocycles. The maximum Gasteiger partial charge on any atom is 0.321 e. The summed E-state index contributed by atoms with van der Waals surface area (Å²) in [4.78, 5) is 13.3. The summed E-state index contributed by atoms with van der Waals surface area (Å²) in [6.07, 6.45) is 1.11. The summed E-state index contributed by atoms with van der Waals surface area (Å²) in [5, 5.41) is 19.6. The van der Waals surface area contributed by atoms with Crippen molar-refractivity contribution in [3.8, 4) is 0 Å². The van der Waals surface area contributed by atoms with E-state index in [-0.39, 0.29) is 0 Å². The molecular weight excluding hydrogens is 242 g/mol. The van der Waals surface area contributed by atoms with Gasteiger partial charge in [0.15, 0.2) is 0 Å². The SMILES string of the molecule is CCC(C)(O)CN1Cc2ccccc2CC1C(=O)O. The zero-order chi connectivity index (χ0) is 14.0. The molecule has 2 atom stereocenters. The van der Waals surface area contributed by atoms with Crippen molar-refractivity contribution in [3.05, 3.63) is 35.4 Å². The highest BCUT2D eigenvalue weighted by atomic mass is 16.4. The Labute approximate surface area is 113 Å². The fourth-order valence-electron chi connectivity index (χ4n) is 2.54. The van der Waals surface area contributed by atoms with Gasteiger partial charge >= 0.3 is 5.97 Å². The van der Waals surface area contributed by atoms with Crippen molar-refractivity contribution in [1.82, 2.24) is 4.90 Å². The number of aliphatic hydroxyl groups is 1. The van der Waals surface area contributed by atoms with Gasteiger partial charge in [0, 0.05) is 13.1 Å². The molecule has 0 saturated carbocycles. The number of nitrogens with zero attached hydrogens (tertiary/aromatic N) is 1. The van der Waals surface area contributed by atoms with Crippen LogP contribution in [0.4, 0.5) is 0 Å². The fraction of sp³-hybridized carbons (Fsp3) is 0.533. The summed E-state index contributed by atoms with van der Waals surface area (Å²) in [7, 11) is 0. The average Bonchev–Trinajstić information content (AvgIpc) is 2.37. The Bertz CT molecular complexity index is 470. The highest BCUT2D eigenvalue weighted by molar-refractivity contribution is 5.74. The third-order valence-corrected chi connectivity index (χ3v) is 3.94. The first-order chi connectivity index (χ1) is 8.93. The molecule has 1 aliphatic rings. The van der Waals surface area contributed by atoms with Gasteiger partial charge in [-0.3, -0.25) is 9.69 Å². The van der Waals surface area contributed by atoms with Crippen LogP contribution in [0.5, 0.6) is 0 Å². The zero-order valence-electron chi connectivity index (χ0n) is 11.5. The highest BCUT2D eigenvalue weighted by Gasteiger charge is 2.34. The van der Waals surface area contributed by atoms with Crippen LogP contribution in [0.25, 0.3) is 0 Å². The number of carboxylic acids is 1. The van der Waals surface area contributed by atoms with Crippen LogP contribution < -0.4 is 0 Å². The van der Waals surface area contributed by atoms with Crippen LogP contribution in [-0.2, 0) is 17.8 Å². The maximum absolute atomic E-state index is 11.4. The van der Waals surface area contributed by atoms with E-state index < -0.39 is 17.6 Å². The van der Waals surface area contributed by atoms with Gasteiger partial charge in [0.2, 0.25) is 0 Å². The second kappa shape index (κ2) is 5.31. The molecule has 2 unspecified atom stereocenters. The number of aliphatic carboxylic acids is 1. The smallest absolute Gasteiger partial charge is 0.321 e. The normalized spacial score (nSPS) is 22.6. The summed E-state index contributed by atoms with van der Waals surface area (Å²) in [5.41, 5.74) is 1.41. The van der Waals surface area contributed by atoms with Crippen LogP contribution >= 0.6 is 0 Å². The number of fused-ring (bicyclic) bond motifs is 1. The van der Waals surface area contributed by atoms with Gasteiger partial charge in [0.25, 0.3) is 0 Å². The molecule has 1 aromatic carbocycles. The molecule has 0 saturated heterocycles. The topological polar surface area (TPSA) is 60.8 Å². The Hall–Kier alpha value is -1.39. The van der Waals surface area contributed by atoms with E-state index in [1.165, 1.54) is 0 Å². The van der Waals surface area contributed by atoms with Gasteiger partial charge in [0.1, 0.15) is 6.04 Å². The second-order valence-corrected chi connectivity index (χ2v) is 5.58. The van der Waals surface area contributed by atoms with E-state index in [0.717, 1.165) is 11.1 Å². The predicted octanol–water partition coefficient (Wildman–Crippen LogP) is 1.66. The summed E-state index contributed by atoms with van der Waals surface area (Å²) in [6.45, 7) is 4.64. The molecule has 4 heteroatoms. The number of hydrogen-bond donors (Lipinski definition) is 2. The van der Waals surface area contributed by atoms with Crippen LogP contribution in [-0.4, -0.2) is 39.3 Å². The number of benzene rings is 1. The Morgan fingerprint density at radius 3 is 2.63 bits per heavy atom. The summed E-state index contributed by atoms with van der Waals surface area (Å²) in [6, 6.07) is 7.38. The zero-order valence-corrected chi connectivity index (χ0v) is 11.5. The van der Waals surface area contributed by atoms with Crippen LogP contribution in [0.15, 0.2) is 24.3 Å². The average molecular weight is 263 g/mol. The number of β-amino-alcohol motifs (C(OH)–C–C–N with tert-alkyl or cyclic N) is 1. The highest BCUT2D eigenvalue weighted by Crippen LogP contribution is 2.25. The Morgan fingerprint density at radius 2 is 2.05 bits per heavy atom. The predicted molar refractivity (Wildman–Crippen MR) is 72.9 cm³/mol. The summed E-state index contributed by atoms with van der Waals surface area (Å²) in [5.74, 6) is -0.818. The number of rotatable bonds is 4. The van der Waals surface area contributed by atoms with E-state index >= 15 is 0 Å². The molecule has 104 valence electrons. The molecule has 0 spiro atoms. The van der Waals surface area contributed by atoms with Crippen molar-refractivity contribution in [3.63, 3.8) is 0 Å². The van der Waals surface area contributed by atoms with Gasteiger partial charge in [-0.15, -0.1) is 0 Å². The lowest BCUT2D eigenvalue weighted by Gasteiger charge is -2.38. The van der Waals surface area contributed by atoms with Gasteiger partial charge in [-0.1, -0.05) is 31.2 Å². The molecule has 0 radical (unpaired) electrons. The Kier molecular flexibility index (Phi) is 3.92. The van der Waals surface area contributed by atoms with Crippen LogP contribution in [0, 0.1) is 0 Å². The molecule has 0 aliphatic carbocycles. The third-order valence-electron chi connectivity index (χ3n) is 3.94. The van der Waals surface area contributed by atoms with Crippen molar-refractivity contribution in [2.45, 2.75) is 44.9 Å². The molecule has 0 amide bonds. The Balaban J connectivity index is 2.24. The number of hydrogen-bond acceptors (Lipinski definition) is 3. The van der Waals surface area contributed by atoms with E-state index in [4.69, 9.17) is 0 Å². The molecule has 2 N–H and O–H groups in total. The van der Waals surface area contributed by atoms with Crippen LogP contribution in [0.2, 0.25) is 0 Å². The van der Waals surface area contributed by atoms with Gasteiger partial charge in [-0.2, -0.15) is 0 Å². The van der Waals surface area contributed by atoms with E-state index in [2.05, 4.69) is 0 Å². The number of carboxylic acid groups (broad SMARTS) is 1. The van der Waals surface area contributed by atoms with Crippen molar-refractivity contribution in [2.24, 2.45) is 0 Å². The molecule has 1 aromatic rings. The molecular formula is C15H21NO3. The first-order valence-electron chi connectivity index (χ1n) is 6.69. The molecule has 1 heterocycles.